The zero-order chi connectivity index (χ0) is 20.1. The third kappa shape index (κ3) is 5.32. The zero-order valence-corrected chi connectivity index (χ0v) is 18.4. The number of benzene rings is 1. The normalized spacial score (nSPS) is 10.9. The number of nitrogens with two attached hydrogens (primary N) is 1. The second-order valence-corrected chi connectivity index (χ2v) is 8.82. The van der Waals surface area contributed by atoms with Crippen molar-refractivity contribution in [3.8, 4) is 5.75 Å². The Morgan fingerprint density at radius 2 is 2.04 bits per heavy atom. The van der Waals surface area contributed by atoms with Crippen LogP contribution in [0.3, 0.4) is 0 Å². The van der Waals surface area contributed by atoms with E-state index in [0.29, 0.717) is 40.8 Å². The number of aryl methyl sites for hydroxylation is 1. The monoisotopic (exact) mass is 452 g/mol. The van der Waals surface area contributed by atoms with Crippen LogP contribution in [0.1, 0.15) is 58.3 Å². The van der Waals surface area contributed by atoms with Crippen molar-refractivity contribution < 1.29 is 14.3 Å². The summed E-state index contributed by atoms with van der Waals surface area (Å²) in [7, 11) is 0. The summed E-state index contributed by atoms with van der Waals surface area (Å²) in [6.45, 7) is 8.65. The number of primary amides is 1. The van der Waals surface area contributed by atoms with Gasteiger partial charge in [-0.3, -0.25) is 9.59 Å². The van der Waals surface area contributed by atoms with Gasteiger partial charge in [-0.25, -0.2) is 0 Å². The van der Waals surface area contributed by atoms with Crippen LogP contribution in [0.4, 0.5) is 5.00 Å². The van der Waals surface area contributed by atoms with Crippen molar-refractivity contribution in [1.29, 1.82) is 0 Å². The fourth-order valence-corrected chi connectivity index (χ4v) is 4.24. The van der Waals surface area contributed by atoms with Crippen molar-refractivity contribution in [2.75, 3.05) is 11.9 Å². The van der Waals surface area contributed by atoms with Crippen molar-refractivity contribution in [3.05, 3.63) is 44.2 Å². The molecule has 3 N–H and O–H groups in total. The molecule has 0 fully saturated rings. The maximum Gasteiger partial charge on any atom is 0.260 e. The molecule has 1 aromatic heterocycles. The Morgan fingerprint density at radius 3 is 2.63 bits per heavy atom. The molecule has 0 atom stereocenters. The Hall–Kier alpha value is -1.86. The number of thiophene rings is 1. The summed E-state index contributed by atoms with van der Waals surface area (Å²) in [4.78, 5) is 25.8. The topological polar surface area (TPSA) is 81.4 Å². The van der Waals surface area contributed by atoms with Gasteiger partial charge in [-0.2, -0.15) is 0 Å². The van der Waals surface area contributed by atoms with Crippen LogP contribution in [-0.4, -0.2) is 18.4 Å². The van der Waals surface area contributed by atoms with Crippen LogP contribution in [0.25, 0.3) is 0 Å². The van der Waals surface area contributed by atoms with Crippen LogP contribution in [0, 0.1) is 12.8 Å². The summed E-state index contributed by atoms with van der Waals surface area (Å²) in [5.41, 5.74) is 7.23. The molecule has 0 aliphatic heterocycles. The van der Waals surface area contributed by atoms with E-state index in [2.05, 4.69) is 35.1 Å². The Bertz CT molecular complexity index is 846. The highest BCUT2D eigenvalue weighted by Gasteiger charge is 2.22. The molecule has 2 rings (SSSR count). The first-order valence-corrected chi connectivity index (χ1v) is 10.5. The van der Waals surface area contributed by atoms with Crippen molar-refractivity contribution >= 4 is 44.1 Å². The van der Waals surface area contributed by atoms with Gasteiger partial charge in [0.05, 0.1) is 17.7 Å². The standard InChI is InChI=1S/C20H25BrN2O3S/c1-5-14-12(4)27-20(17(14)18(22)24)23-19(25)15-10-13(21)6-7-16(15)26-9-8-11(2)3/h6-7,10-11H,5,8-9H2,1-4H3,(H2,22,24)(H,23,25). The number of hydrogen-bond acceptors (Lipinski definition) is 4. The molecule has 1 heterocycles. The van der Waals surface area contributed by atoms with Crippen LogP contribution in [0.5, 0.6) is 5.75 Å². The summed E-state index contributed by atoms with van der Waals surface area (Å²) in [5, 5.41) is 3.33. The van der Waals surface area contributed by atoms with Crippen LogP contribution >= 0.6 is 27.3 Å². The summed E-state index contributed by atoms with van der Waals surface area (Å²) >= 11 is 4.76. The van der Waals surface area contributed by atoms with Gasteiger partial charge in [0.2, 0.25) is 0 Å². The van der Waals surface area contributed by atoms with Crippen LogP contribution in [0.15, 0.2) is 22.7 Å². The third-order valence-corrected chi connectivity index (χ3v) is 5.73. The van der Waals surface area contributed by atoms with E-state index in [9.17, 15) is 9.59 Å². The van der Waals surface area contributed by atoms with E-state index in [1.165, 1.54) is 11.3 Å². The number of hydrogen-bond donors (Lipinski definition) is 2. The molecule has 2 amide bonds. The number of nitrogens with one attached hydrogen (secondary N) is 1. The molecular weight excluding hydrogens is 428 g/mol. The Labute approximate surface area is 172 Å². The lowest BCUT2D eigenvalue weighted by Crippen LogP contribution is -2.18. The van der Waals surface area contributed by atoms with Crippen molar-refractivity contribution in [1.82, 2.24) is 0 Å². The fourth-order valence-electron chi connectivity index (χ4n) is 2.73. The average molecular weight is 453 g/mol. The molecule has 0 saturated heterocycles. The first-order valence-electron chi connectivity index (χ1n) is 8.90. The van der Waals surface area contributed by atoms with Crippen LogP contribution in [-0.2, 0) is 6.42 Å². The number of amides is 2. The van der Waals surface area contributed by atoms with Gasteiger partial charge in [-0.15, -0.1) is 11.3 Å². The molecule has 0 saturated carbocycles. The molecule has 1 aromatic carbocycles. The summed E-state index contributed by atoms with van der Waals surface area (Å²) in [6, 6.07) is 5.32. The van der Waals surface area contributed by atoms with Crippen molar-refractivity contribution in [2.45, 2.75) is 40.5 Å². The molecule has 146 valence electrons. The molecule has 2 aromatic rings. The van der Waals surface area contributed by atoms with E-state index in [0.717, 1.165) is 21.3 Å². The first-order chi connectivity index (χ1) is 12.7. The molecule has 0 unspecified atom stereocenters. The Kier molecular flexibility index (Phi) is 7.44. The molecule has 5 nitrogen and oxygen atoms in total. The average Bonchev–Trinajstić information content (AvgIpc) is 2.90. The minimum atomic E-state index is -0.533. The lowest BCUT2D eigenvalue weighted by Gasteiger charge is -2.13. The summed E-state index contributed by atoms with van der Waals surface area (Å²) in [5.74, 6) is 0.162. The van der Waals surface area contributed by atoms with E-state index in [-0.39, 0.29) is 5.91 Å². The maximum atomic E-state index is 12.9. The van der Waals surface area contributed by atoms with Gasteiger partial charge in [0, 0.05) is 9.35 Å². The van der Waals surface area contributed by atoms with Gasteiger partial charge in [-0.1, -0.05) is 36.7 Å². The summed E-state index contributed by atoms with van der Waals surface area (Å²) in [6.07, 6.45) is 1.57. The van der Waals surface area contributed by atoms with Gasteiger partial charge in [0.25, 0.3) is 11.8 Å². The number of anilines is 1. The van der Waals surface area contributed by atoms with E-state index in [4.69, 9.17) is 10.5 Å². The SMILES string of the molecule is CCc1c(C)sc(NC(=O)c2cc(Br)ccc2OCCC(C)C)c1C(N)=O. The molecule has 7 heteroatoms. The van der Waals surface area contributed by atoms with Gasteiger partial charge in [0.15, 0.2) is 0 Å². The van der Waals surface area contributed by atoms with Crippen LogP contribution in [0.2, 0.25) is 0 Å². The predicted octanol–water partition coefficient (Wildman–Crippen LogP) is 5.16. The Balaban J connectivity index is 2.31. The second-order valence-electron chi connectivity index (χ2n) is 6.68. The molecule has 0 aliphatic rings. The van der Waals surface area contributed by atoms with Crippen molar-refractivity contribution in [2.24, 2.45) is 11.7 Å². The molecule has 0 aliphatic carbocycles. The minimum Gasteiger partial charge on any atom is -0.493 e. The number of rotatable bonds is 8. The fraction of sp³-hybridized carbons (Fsp3) is 0.400. The largest absolute Gasteiger partial charge is 0.493 e. The minimum absolute atomic E-state index is 0.331. The lowest BCUT2D eigenvalue weighted by atomic mass is 10.1. The molecule has 0 bridgehead atoms. The summed E-state index contributed by atoms with van der Waals surface area (Å²) < 4.78 is 6.59. The predicted molar refractivity (Wildman–Crippen MR) is 114 cm³/mol. The quantitative estimate of drug-likeness (QED) is 0.580. The van der Waals surface area contributed by atoms with E-state index in [1.807, 2.05) is 19.9 Å². The lowest BCUT2D eigenvalue weighted by molar-refractivity contribution is 0.100. The van der Waals surface area contributed by atoms with E-state index < -0.39 is 5.91 Å². The van der Waals surface area contributed by atoms with Gasteiger partial charge >= 0.3 is 0 Å². The highest BCUT2D eigenvalue weighted by atomic mass is 79.9. The Morgan fingerprint density at radius 1 is 1.33 bits per heavy atom. The van der Waals surface area contributed by atoms with Gasteiger partial charge in [-0.05, 0) is 49.4 Å². The molecule has 27 heavy (non-hydrogen) atoms. The highest BCUT2D eigenvalue weighted by Crippen LogP contribution is 2.34. The van der Waals surface area contributed by atoms with Gasteiger partial charge in [0.1, 0.15) is 10.8 Å². The highest BCUT2D eigenvalue weighted by molar-refractivity contribution is 9.10. The first kappa shape index (κ1) is 21.4. The molecule has 0 spiro atoms. The number of carbonyl (C=O) groups excluding carboxylic acids is 2. The number of ether oxygens (including phenoxy) is 1. The van der Waals surface area contributed by atoms with Crippen LogP contribution < -0.4 is 15.8 Å². The molecular formula is C20H25BrN2O3S. The third-order valence-electron chi connectivity index (χ3n) is 4.17. The zero-order valence-electron chi connectivity index (χ0n) is 16.0. The van der Waals surface area contributed by atoms with E-state index in [1.54, 1.807) is 12.1 Å². The number of halogens is 1. The second kappa shape index (κ2) is 9.37. The maximum absolute atomic E-state index is 12.9. The van der Waals surface area contributed by atoms with E-state index >= 15 is 0 Å². The van der Waals surface area contributed by atoms with Gasteiger partial charge < -0.3 is 15.8 Å². The number of carbonyl (C=O) groups is 2. The van der Waals surface area contributed by atoms with Crippen molar-refractivity contribution in [3.63, 3.8) is 0 Å². The molecule has 0 radical (unpaired) electrons. The smallest absolute Gasteiger partial charge is 0.260 e.